The lowest BCUT2D eigenvalue weighted by atomic mass is 10.0. The van der Waals surface area contributed by atoms with Crippen LogP contribution in [0.15, 0.2) is 29.1 Å². The Balaban J connectivity index is 1.53. The smallest absolute Gasteiger partial charge is 0.358 e. The van der Waals surface area contributed by atoms with Crippen LogP contribution in [0.5, 0.6) is 0 Å². The Labute approximate surface area is 149 Å². The van der Waals surface area contributed by atoms with E-state index in [0.717, 1.165) is 30.6 Å². The van der Waals surface area contributed by atoms with Crippen molar-refractivity contribution in [2.24, 2.45) is 0 Å². The van der Waals surface area contributed by atoms with Gasteiger partial charge in [-0.1, -0.05) is 0 Å². The number of aromatic nitrogens is 4. The van der Waals surface area contributed by atoms with Crippen molar-refractivity contribution in [1.29, 1.82) is 0 Å². The van der Waals surface area contributed by atoms with E-state index >= 15 is 0 Å². The fraction of sp³-hybridized carbons (Fsp3) is 0.438. The van der Waals surface area contributed by atoms with Gasteiger partial charge >= 0.3 is 5.69 Å². The third-order valence-corrected chi connectivity index (χ3v) is 4.42. The van der Waals surface area contributed by atoms with Gasteiger partial charge in [-0.25, -0.2) is 9.89 Å². The second kappa shape index (κ2) is 7.91. The zero-order valence-electron chi connectivity index (χ0n) is 14.4. The minimum atomic E-state index is -0.439. The first-order valence-electron chi connectivity index (χ1n) is 8.41. The predicted molar refractivity (Wildman–Crippen MR) is 93.0 cm³/mol. The van der Waals surface area contributed by atoms with Crippen molar-refractivity contribution in [2.75, 3.05) is 26.7 Å². The number of rotatable bonds is 5. The summed E-state index contributed by atoms with van der Waals surface area (Å²) >= 11 is 0. The van der Waals surface area contributed by atoms with Crippen molar-refractivity contribution in [1.82, 2.24) is 35.7 Å². The highest BCUT2D eigenvalue weighted by molar-refractivity contribution is 5.94. The van der Waals surface area contributed by atoms with Gasteiger partial charge in [-0.2, -0.15) is 4.68 Å². The second-order valence-corrected chi connectivity index (χ2v) is 6.16. The quantitative estimate of drug-likeness (QED) is 0.622. The summed E-state index contributed by atoms with van der Waals surface area (Å²) in [5.41, 5.74) is 0.603. The highest BCUT2D eigenvalue weighted by atomic mass is 16.2. The number of carbonyl (C=O) groups excluding carboxylic acids is 2. The first-order valence-corrected chi connectivity index (χ1v) is 8.41. The van der Waals surface area contributed by atoms with Gasteiger partial charge in [-0.15, -0.1) is 0 Å². The minimum absolute atomic E-state index is 0.00112. The predicted octanol–water partition coefficient (Wildman–Crippen LogP) is -1.10. The molecule has 3 N–H and O–H groups in total. The molecule has 10 heteroatoms. The molecule has 2 heterocycles. The Hall–Kier alpha value is -3.01. The van der Waals surface area contributed by atoms with Crippen molar-refractivity contribution in [3.05, 3.63) is 40.3 Å². The number of H-pyrrole nitrogens is 1. The number of benzene rings is 1. The average Bonchev–Trinajstić information content (AvgIpc) is 3.09. The third-order valence-electron chi connectivity index (χ3n) is 4.42. The number of likely N-dealkylation sites (tertiary alicyclic amines) is 1. The maximum Gasteiger partial charge on any atom is 0.365 e. The van der Waals surface area contributed by atoms with Crippen LogP contribution in [-0.4, -0.2) is 69.6 Å². The molecule has 1 aliphatic rings. The summed E-state index contributed by atoms with van der Waals surface area (Å²) in [5, 5.41) is 14.9. The standard InChI is InChI=1S/C16H21N7O3/c1-17-14(24)10-22-8-6-12(7-9-22)18-15(25)11-2-4-13(5-3-11)23-16(26)19-20-21-23/h2-5,12H,6-10H2,1H3,(H,17,24)(H,18,25)(H,19,21,26). The van der Waals surface area contributed by atoms with Crippen LogP contribution in [0.1, 0.15) is 23.2 Å². The van der Waals surface area contributed by atoms with Gasteiger partial charge in [0, 0.05) is 31.7 Å². The fourth-order valence-electron chi connectivity index (χ4n) is 2.91. The number of tetrazole rings is 1. The van der Waals surface area contributed by atoms with Gasteiger partial charge in [0.1, 0.15) is 0 Å². The van der Waals surface area contributed by atoms with Gasteiger partial charge in [0.05, 0.1) is 12.2 Å². The van der Waals surface area contributed by atoms with Crippen molar-refractivity contribution in [3.8, 4) is 5.69 Å². The van der Waals surface area contributed by atoms with Gasteiger partial charge in [0.15, 0.2) is 0 Å². The molecule has 2 aromatic rings. The summed E-state index contributed by atoms with van der Waals surface area (Å²) in [4.78, 5) is 37.4. The molecule has 0 bridgehead atoms. The number of likely N-dealkylation sites (N-methyl/N-ethyl adjacent to an activating group) is 1. The van der Waals surface area contributed by atoms with E-state index in [1.165, 1.54) is 0 Å². The normalized spacial score (nSPS) is 15.6. The van der Waals surface area contributed by atoms with E-state index in [0.29, 0.717) is 17.8 Å². The van der Waals surface area contributed by atoms with Crippen molar-refractivity contribution in [3.63, 3.8) is 0 Å². The molecule has 0 aliphatic carbocycles. The Kier molecular flexibility index (Phi) is 5.42. The van der Waals surface area contributed by atoms with E-state index < -0.39 is 5.69 Å². The maximum atomic E-state index is 12.4. The molecule has 3 rings (SSSR count). The number of nitrogens with zero attached hydrogens (tertiary/aromatic N) is 4. The van der Waals surface area contributed by atoms with Gasteiger partial charge in [-0.3, -0.25) is 14.5 Å². The monoisotopic (exact) mass is 359 g/mol. The molecule has 1 aromatic carbocycles. The number of aromatic amines is 1. The summed E-state index contributed by atoms with van der Waals surface area (Å²) in [6.07, 6.45) is 1.60. The summed E-state index contributed by atoms with van der Waals surface area (Å²) in [6, 6.07) is 6.66. The second-order valence-electron chi connectivity index (χ2n) is 6.16. The molecule has 0 spiro atoms. The van der Waals surface area contributed by atoms with Crippen LogP contribution < -0.4 is 16.3 Å². The molecule has 1 fully saturated rings. The van der Waals surface area contributed by atoms with Gasteiger partial charge in [0.2, 0.25) is 5.91 Å². The Bertz CT molecular complexity index is 819. The third kappa shape index (κ3) is 4.14. The van der Waals surface area contributed by atoms with Crippen LogP contribution in [0, 0.1) is 0 Å². The molecular weight excluding hydrogens is 338 g/mol. The first-order chi connectivity index (χ1) is 12.6. The summed E-state index contributed by atoms with van der Waals surface area (Å²) in [5.74, 6) is -0.160. The number of carbonyl (C=O) groups is 2. The summed E-state index contributed by atoms with van der Waals surface area (Å²) in [6.45, 7) is 1.93. The van der Waals surface area contributed by atoms with Gasteiger partial charge in [0.25, 0.3) is 5.91 Å². The van der Waals surface area contributed by atoms with Crippen molar-refractivity contribution >= 4 is 11.8 Å². The lowest BCUT2D eigenvalue weighted by molar-refractivity contribution is -0.122. The van der Waals surface area contributed by atoms with E-state index in [1.807, 2.05) is 0 Å². The fourth-order valence-corrected chi connectivity index (χ4v) is 2.91. The molecular formula is C16H21N7O3. The number of piperidine rings is 1. The highest BCUT2D eigenvalue weighted by Gasteiger charge is 2.22. The van der Waals surface area contributed by atoms with Crippen LogP contribution in [0.3, 0.4) is 0 Å². The Morgan fingerprint density at radius 3 is 2.50 bits per heavy atom. The Morgan fingerprint density at radius 2 is 1.92 bits per heavy atom. The lowest BCUT2D eigenvalue weighted by Crippen LogP contribution is -2.47. The molecule has 26 heavy (non-hydrogen) atoms. The molecule has 1 aliphatic heterocycles. The summed E-state index contributed by atoms with van der Waals surface area (Å²) in [7, 11) is 1.62. The van der Waals surface area contributed by atoms with E-state index in [-0.39, 0.29) is 17.9 Å². The Morgan fingerprint density at radius 1 is 1.23 bits per heavy atom. The summed E-state index contributed by atoms with van der Waals surface area (Å²) < 4.78 is 1.11. The zero-order valence-corrected chi connectivity index (χ0v) is 14.4. The molecule has 1 aromatic heterocycles. The van der Waals surface area contributed by atoms with Crippen LogP contribution in [0.2, 0.25) is 0 Å². The van der Waals surface area contributed by atoms with E-state index in [9.17, 15) is 14.4 Å². The largest absolute Gasteiger partial charge is 0.365 e. The average molecular weight is 359 g/mol. The van der Waals surface area contributed by atoms with Crippen LogP contribution in [-0.2, 0) is 4.79 Å². The topological polar surface area (TPSA) is 125 Å². The molecule has 138 valence electrons. The molecule has 2 amide bonds. The first kappa shape index (κ1) is 17.8. The van der Waals surface area contributed by atoms with Crippen molar-refractivity contribution < 1.29 is 9.59 Å². The lowest BCUT2D eigenvalue weighted by Gasteiger charge is -2.31. The van der Waals surface area contributed by atoms with Crippen LogP contribution in [0.4, 0.5) is 0 Å². The SMILES string of the molecule is CNC(=O)CN1CCC(NC(=O)c2ccc(-n3nn[nH]c3=O)cc2)CC1. The zero-order chi connectivity index (χ0) is 18.5. The molecule has 0 radical (unpaired) electrons. The van der Waals surface area contributed by atoms with Crippen LogP contribution in [0.25, 0.3) is 5.69 Å². The molecule has 0 unspecified atom stereocenters. The van der Waals surface area contributed by atoms with Gasteiger partial charge < -0.3 is 10.6 Å². The number of hydrogen-bond acceptors (Lipinski definition) is 6. The van der Waals surface area contributed by atoms with E-state index in [2.05, 4.69) is 31.1 Å². The number of hydrogen-bond donors (Lipinski definition) is 3. The van der Waals surface area contributed by atoms with Crippen LogP contribution >= 0.6 is 0 Å². The van der Waals surface area contributed by atoms with E-state index in [1.54, 1.807) is 31.3 Å². The number of amides is 2. The maximum absolute atomic E-state index is 12.4. The molecule has 10 nitrogen and oxygen atoms in total. The molecule has 0 saturated carbocycles. The molecule has 0 atom stereocenters. The van der Waals surface area contributed by atoms with Crippen molar-refractivity contribution in [2.45, 2.75) is 18.9 Å². The minimum Gasteiger partial charge on any atom is -0.358 e. The number of nitrogens with one attached hydrogen (secondary N) is 3. The van der Waals surface area contributed by atoms with Gasteiger partial charge in [-0.05, 0) is 47.5 Å². The molecule has 1 saturated heterocycles. The van der Waals surface area contributed by atoms with E-state index in [4.69, 9.17) is 0 Å². The highest BCUT2D eigenvalue weighted by Crippen LogP contribution is 2.12.